The normalized spacial score (nSPS) is 22.0. The Morgan fingerprint density at radius 2 is 1.68 bits per heavy atom. The third-order valence-corrected chi connectivity index (χ3v) is 11.8. The Morgan fingerprint density at radius 3 is 2.00 bits per heavy atom. The van der Waals surface area contributed by atoms with E-state index < -0.39 is 8.07 Å². The van der Waals surface area contributed by atoms with Gasteiger partial charge in [-0.1, -0.05) is 47.2 Å². The monoisotopic (exact) mass is 284 g/mol. The molecule has 1 aliphatic heterocycles. The summed E-state index contributed by atoms with van der Waals surface area (Å²) in [6.07, 6.45) is 2.38. The van der Waals surface area contributed by atoms with Crippen LogP contribution < -0.4 is 0 Å². The summed E-state index contributed by atoms with van der Waals surface area (Å²) in [7, 11) is -1.58. The van der Waals surface area contributed by atoms with Crippen molar-refractivity contribution >= 4 is 8.07 Å². The zero-order valence-electron chi connectivity index (χ0n) is 13.6. The van der Waals surface area contributed by atoms with Gasteiger partial charge >= 0.3 is 0 Å². The summed E-state index contributed by atoms with van der Waals surface area (Å²) in [5.41, 5.74) is 5.71. The predicted octanol–water partition coefficient (Wildman–Crippen LogP) is 4.30. The summed E-state index contributed by atoms with van der Waals surface area (Å²) in [5, 5.41) is 9.77. The molecule has 0 bridgehead atoms. The lowest BCUT2D eigenvalue weighted by Crippen LogP contribution is -2.43. The van der Waals surface area contributed by atoms with Crippen LogP contribution in [0.1, 0.15) is 54.4 Å². The number of ether oxygens (including phenoxy) is 1. The molecule has 0 aromatic rings. The van der Waals surface area contributed by atoms with Crippen LogP contribution in [0.15, 0.2) is 11.3 Å². The second-order valence-electron chi connectivity index (χ2n) is 6.84. The topological polar surface area (TPSA) is 29.5 Å². The van der Waals surface area contributed by atoms with Gasteiger partial charge < -0.3 is 9.84 Å². The molecule has 3 heteroatoms. The molecule has 1 rings (SSSR count). The van der Waals surface area contributed by atoms with Gasteiger partial charge in [0.25, 0.3) is 0 Å². The number of hydrogen-bond acceptors (Lipinski definition) is 2. The van der Waals surface area contributed by atoms with Crippen LogP contribution in [0.2, 0.25) is 16.6 Å². The molecule has 1 fully saturated rings. The molecule has 112 valence electrons. The van der Waals surface area contributed by atoms with Crippen LogP contribution in [0.4, 0.5) is 0 Å². The molecular weight excluding hydrogens is 252 g/mol. The van der Waals surface area contributed by atoms with Crippen molar-refractivity contribution in [3.8, 4) is 0 Å². The standard InChI is InChI=1S/C16H32O2Si/c1-12(2)19(13(3)4,14(5)6)11-15(10-17)16-8-7-9-18-16/h11-14,16-17H,7-10H2,1-6H3/b15-11+. The van der Waals surface area contributed by atoms with Crippen LogP contribution in [-0.2, 0) is 4.74 Å². The fraction of sp³-hybridized carbons (Fsp3) is 0.875. The van der Waals surface area contributed by atoms with Gasteiger partial charge in [-0.05, 0) is 35.0 Å². The second-order valence-corrected chi connectivity index (χ2v) is 12.6. The maximum atomic E-state index is 9.77. The predicted molar refractivity (Wildman–Crippen MR) is 85.2 cm³/mol. The Morgan fingerprint density at radius 1 is 1.16 bits per heavy atom. The van der Waals surface area contributed by atoms with E-state index in [-0.39, 0.29) is 12.7 Å². The zero-order chi connectivity index (χ0) is 14.6. The summed E-state index contributed by atoms with van der Waals surface area (Å²) in [6, 6.07) is 0. The van der Waals surface area contributed by atoms with Crippen molar-refractivity contribution in [2.75, 3.05) is 13.2 Å². The van der Waals surface area contributed by atoms with Crippen molar-refractivity contribution in [2.45, 2.75) is 77.1 Å². The largest absolute Gasteiger partial charge is 0.392 e. The molecule has 0 amide bonds. The van der Waals surface area contributed by atoms with E-state index in [9.17, 15) is 5.11 Å². The lowest BCUT2D eigenvalue weighted by molar-refractivity contribution is 0.126. The molecule has 0 spiro atoms. The van der Waals surface area contributed by atoms with E-state index in [4.69, 9.17) is 4.74 Å². The summed E-state index contributed by atoms with van der Waals surface area (Å²) in [5.74, 6) is 0. The summed E-state index contributed by atoms with van der Waals surface area (Å²) >= 11 is 0. The maximum Gasteiger partial charge on any atom is 0.0855 e. The molecule has 2 nitrogen and oxygen atoms in total. The van der Waals surface area contributed by atoms with Gasteiger partial charge in [0.2, 0.25) is 0 Å². The first-order chi connectivity index (χ1) is 8.86. The lowest BCUT2D eigenvalue weighted by atomic mass is 10.1. The van der Waals surface area contributed by atoms with E-state index in [2.05, 4.69) is 47.2 Å². The molecule has 1 atom stereocenters. The molecule has 19 heavy (non-hydrogen) atoms. The first-order valence-electron chi connectivity index (χ1n) is 7.80. The fourth-order valence-electron chi connectivity index (χ4n) is 3.93. The molecular formula is C16H32O2Si. The van der Waals surface area contributed by atoms with Gasteiger partial charge in [0.1, 0.15) is 0 Å². The Labute approximate surface area is 120 Å². The van der Waals surface area contributed by atoms with Gasteiger partial charge in [0.05, 0.1) is 20.8 Å². The number of rotatable bonds is 6. The molecule has 1 heterocycles. The number of aliphatic hydroxyl groups excluding tert-OH is 1. The van der Waals surface area contributed by atoms with Crippen molar-refractivity contribution in [1.29, 1.82) is 0 Å². The minimum Gasteiger partial charge on any atom is -0.392 e. The Balaban J connectivity index is 3.15. The first kappa shape index (κ1) is 16.9. The lowest BCUT2D eigenvalue weighted by Gasteiger charge is -2.41. The highest BCUT2D eigenvalue weighted by molar-refractivity contribution is 6.88. The van der Waals surface area contributed by atoms with Crippen molar-refractivity contribution in [1.82, 2.24) is 0 Å². The van der Waals surface area contributed by atoms with Crippen molar-refractivity contribution in [3.05, 3.63) is 11.3 Å². The van der Waals surface area contributed by atoms with Crippen LogP contribution in [0.25, 0.3) is 0 Å². The van der Waals surface area contributed by atoms with E-state index in [1.807, 2.05) is 0 Å². The molecule has 0 radical (unpaired) electrons. The molecule has 1 saturated heterocycles. The zero-order valence-corrected chi connectivity index (χ0v) is 14.6. The Bertz CT molecular complexity index is 280. The van der Waals surface area contributed by atoms with Gasteiger partial charge in [0, 0.05) is 6.61 Å². The molecule has 1 N–H and O–H groups in total. The van der Waals surface area contributed by atoms with Crippen molar-refractivity contribution in [2.24, 2.45) is 0 Å². The summed E-state index contributed by atoms with van der Waals surface area (Å²) in [4.78, 5) is 0. The summed E-state index contributed by atoms with van der Waals surface area (Å²) < 4.78 is 5.79. The van der Waals surface area contributed by atoms with Gasteiger partial charge in [-0.25, -0.2) is 0 Å². The van der Waals surface area contributed by atoms with E-state index >= 15 is 0 Å². The number of aliphatic hydroxyl groups is 1. The van der Waals surface area contributed by atoms with Crippen LogP contribution >= 0.6 is 0 Å². The SMILES string of the molecule is CC(C)[Si](/C=C(\CO)C1CCCO1)(C(C)C)C(C)C. The number of hydrogen-bond donors (Lipinski definition) is 1. The molecule has 0 aromatic carbocycles. The van der Waals surface area contributed by atoms with Crippen molar-refractivity contribution in [3.63, 3.8) is 0 Å². The van der Waals surface area contributed by atoms with E-state index in [0.717, 1.165) is 25.0 Å². The maximum absolute atomic E-state index is 9.77. The average Bonchev–Trinajstić information content (AvgIpc) is 2.82. The molecule has 0 saturated carbocycles. The average molecular weight is 285 g/mol. The van der Waals surface area contributed by atoms with Gasteiger partial charge in [-0.2, -0.15) is 0 Å². The minimum absolute atomic E-state index is 0.158. The van der Waals surface area contributed by atoms with Gasteiger partial charge in [-0.3, -0.25) is 0 Å². The highest BCUT2D eigenvalue weighted by atomic mass is 28.3. The third kappa shape index (κ3) is 3.50. The second kappa shape index (κ2) is 7.05. The Hall–Kier alpha value is -0.123. The summed E-state index contributed by atoms with van der Waals surface area (Å²) in [6.45, 7) is 15.1. The molecule has 0 aliphatic carbocycles. The van der Waals surface area contributed by atoms with Gasteiger partial charge in [0.15, 0.2) is 0 Å². The Kier molecular flexibility index (Phi) is 6.28. The third-order valence-electron chi connectivity index (χ3n) is 4.96. The van der Waals surface area contributed by atoms with Crippen LogP contribution in [0.5, 0.6) is 0 Å². The molecule has 1 unspecified atom stereocenters. The minimum atomic E-state index is -1.58. The smallest absolute Gasteiger partial charge is 0.0855 e. The van der Waals surface area contributed by atoms with E-state index in [1.165, 1.54) is 0 Å². The van der Waals surface area contributed by atoms with E-state index in [0.29, 0.717) is 16.6 Å². The quantitative estimate of drug-likeness (QED) is 0.737. The molecule has 0 aromatic heterocycles. The highest BCUT2D eigenvalue weighted by Crippen LogP contribution is 2.43. The van der Waals surface area contributed by atoms with Crippen LogP contribution in [-0.4, -0.2) is 32.5 Å². The highest BCUT2D eigenvalue weighted by Gasteiger charge is 2.41. The van der Waals surface area contributed by atoms with Crippen LogP contribution in [0, 0.1) is 0 Å². The first-order valence-corrected chi connectivity index (χ1v) is 10.1. The molecule has 1 aliphatic rings. The van der Waals surface area contributed by atoms with Crippen LogP contribution in [0.3, 0.4) is 0 Å². The van der Waals surface area contributed by atoms with Gasteiger partial charge in [-0.15, -0.1) is 0 Å². The van der Waals surface area contributed by atoms with E-state index in [1.54, 1.807) is 0 Å². The fourth-order valence-corrected chi connectivity index (χ4v) is 9.85. The van der Waals surface area contributed by atoms with Crippen molar-refractivity contribution < 1.29 is 9.84 Å².